The lowest BCUT2D eigenvalue weighted by molar-refractivity contribution is -0.141. The van der Waals surface area contributed by atoms with Crippen molar-refractivity contribution in [1.82, 2.24) is 20.0 Å². The monoisotopic (exact) mass is 308 g/mol. The van der Waals surface area contributed by atoms with Crippen molar-refractivity contribution in [3.8, 4) is 0 Å². The quantitative estimate of drug-likeness (QED) is 0.927. The van der Waals surface area contributed by atoms with Gasteiger partial charge in [0.05, 0.1) is 18.4 Å². The molecule has 2 heterocycles. The van der Waals surface area contributed by atoms with Gasteiger partial charge in [-0.1, -0.05) is 0 Å². The lowest BCUT2D eigenvalue weighted by Crippen LogP contribution is -2.11. The van der Waals surface area contributed by atoms with E-state index >= 15 is 0 Å². The molecule has 17 heavy (non-hydrogen) atoms. The van der Waals surface area contributed by atoms with Crippen molar-refractivity contribution in [2.75, 3.05) is 0 Å². The first-order chi connectivity index (χ1) is 7.88. The largest absolute Gasteiger partial charge is 0.433 e. The number of hydrogen-bond acceptors (Lipinski definition) is 2. The Kier molecular flexibility index (Phi) is 2.98. The molecule has 2 aromatic heterocycles. The first kappa shape index (κ1) is 12.2. The molecule has 8 heteroatoms. The number of nitrogens with zero attached hydrogens (tertiary/aromatic N) is 3. The van der Waals surface area contributed by atoms with Crippen LogP contribution in [0.15, 0.2) is 16.9 Å². The Labute approximate surface area is 103 Å². The normalized spacial score (nSPS) is 12.1. The highest BCUT2D eigenvalue weighted by atomic mass is 79.9. The fraction of sp³-hybridized carbons (Fsp3) is 0.333. The summed E-state index contributed by atoms with van der Waals surface area (Å²) < 4.78 is 39.8. The molecule has 0 bridgehead atoms. The zero-order valence-corrected chi connectivity index (χ0v) is 10.3. The molecule has 0 radical (unpaired) electrons. The van der Waals surface area contributed by atoms with E-state index in [4.69, 9.17) is 0 Å². The highest BCUT2D eigenvalue weighted by Gasteiger charge is 2.35. The van der Waals surface area contributed by atoms with Crippen LogP contribution >= 0.6 is 15.9 Å². The summed E-state index contributed by atoms with van der Waals surface area (Å²) in [5, 5.41) is 9.45. The molecule has 0 atom stereocenters. The third-order valence-electron chi connectivity index (χ3n) is 2.17. The molecule has 92 valence electrons. The average Bonchev–Trinajstić information content (AvgIpc) is 2.74. The second-order valence-corrected chi connectivity index (χ2v) is 4.35. The van der Waals surface area contributed by atoms with Gasteiger partial charge in [-0.25, -0.2) is 0 Å². The molecule has 0 saturated carbocycles. The smallest absolute Gasteiger partial charge is 0.273 e. The first-order valence-electron chi connectivity index (χ1n) is 4.67. The maximum atomic E-state index is 12.6. The molecule has 0 aliphatic carbocycles. The standard InChI is InChI=1S/C9H8BrF3N4/c1-5-2-7(10)17(16-5)4-6-3-14-15-8(6)9(11,12)13/h2-3H,4H2,1H3,(H,14,15). The summed E-state index contributed by atoms with van der Waals surface area (Å²) in [6, 6.07) is 1.73. The van der Waals surface area contributed by atoms with Gasteiger partial charge in [-0.05, 0) is 28.9 Å². The van der Waals surface area contributed by atoms with Crippen LogP contribution < -0.4 is 0 Å². The van der Waals surface area contributed by atoms with Crippen LogP contribution in [0.5, 0.6) is 0 Å². The molecule has 0 aliphatic heterocycles. The van der Waals surface area contributed by atoms with Gasteiger partial charge in [-0.2, -0.15) is 23.4 Å². The molecule has 0 unspecified atom stereocenters. The van der Waals surface area contributed by atoms with Crippen molar-refractivity contribution < 1.29 is 13.2 Å². The molecule has 0 aliphatic rings. The molecule has 2 aromatic rings. The minimum Gasteiger partial charge on any atom is -0.273 e. The summed E-state index contributed by atoms with van der Waals surface area (Å²) >= 11 is 3.23. The topological polar surface area (TPSA) is 46.5 Å². The van der Waals surface area contributed by atoms with Crippen LogP contribution in [0.2, 0.25) is 0 Å². The summed E-state index contributed by atoms with van der Waals surface area (Å²) in [4.78, 5) is 0. The number of nitrogens with one attached hydrogen (secondary N) is 1. The van der Waals surface area contributed by atoms with E-state index in [9.17, 15) is 13.2 Å². The molecule has 0 fully saturated rings. The van der Waals surface area contributed by atoms with Crippen molar-refractivity contribution in [1.29, 1.82) is 0 Å². The van der Waals surface area contributed by atoms with E-state index in [-0.39, 0.29) is 12.1 Å². The van der Waals surface area contributed by atoms with Crippen molar-refractivity contribution in [2.45, 2.75) is 19.6 Å². The van der Waals surface area contributed by atoms with Crippen LogP contribution in [-0.2, 0) is 12.7 Å². The summed E-state index contributed by atoms with van der Waals surface area (Å²) in [6.07, 6.45) is -3.27. The van der Waals surface area contributed by atoms with Crippen LogP contribution in [0.3, 0.4) is 0 Å². The Bertz CT molecular complexity index is 529. The van der Waals surface area contributed by atoms with Crippen LogP contribution in [0.25, 0.3) is 0 Å². The van der Waals surface area contributed by atoms with Crippen LogP contribution in [0.4, 0.5) is 13.2 Å². The van der Waals surface area contributed by atoms with Crippen LogP contribution in [0.1, 0.15) is 17.0 Å². The van der Waals surface area contributed by atoms with E-state index in [1.165, 1.54) is 4.68 Å². The van der Waals surface area contributed by atoms with E-state index < -0.39 is 11.9 Å². The van der Waals surface area contributed by atoms with Gasteiger partial charge >= 0.3 is 6.18 Å². The van der Waals surface area contributed by atoms with Crippen molar-refractivity contribution in [2.24, 2.45) is 0 Å². The van der Waals surface area contributed by atoms with Gasteiger partial charge < -0.3 is 0 Å². The van der Waals surface area contributed by atoms with Crippen LogP contribution in [0, 0.1) is 6.92 Å². The zero-order chi connectivity index (χ0) is 12.6. The number of hydrogen-bond donors (Lipinski definition) is 1. The summed E-state index contributed by atoms with van der Waals surface area (Å²) in [7, 11) is 0. The van der Waals surface area contributed by atoms with E-state index in [1.807, 2.05) is 5.10 Å². The number of aryl methyl sites for hydroxylation is 1. The molecule has 0 aromatic carbocycles. The summed E-state index contributed by atoms with van der Waals surface area (Å²) in [5.41, 5.74) is -0.0484. The van der Waals surface area contributed by atoms with E-state index in [1.54, 1.807) is 13.0 Å². The van der Waals surface area contributed by atoms with Gasteiger partial charge in [0.1, 0.15) is 10.3 Å². The summed E-state index contributed by atoms with van der Waals surface area (Å²) in [5.74, 6) is 0. The minimum absolute atomic E-state index is 0.0137. The zero-order valence-electron chi connectivity index (χ0n) is 8.72. The number of rotatable bonds is 2. The predicted octanol–water partition coefficient (Wildman–Crippen LogP) is 2.74. The number of aromatic nitrogens is 4. The Morgan fingerprint density at radius 1 is 1.47 bits per heavy atom. The maximum absolute atomic E-state index is 12.6. The minimum atomic E-state index is -4.43. The van der Waals surface area contributed by atoms with Crippen molar-refractivity contribution >= 4 is 15.9 Å². The Balaban J connectivity index is 2.31. The fourth-order valence-corrected chi connectivity index (χ4v) is 2.00. The van der Waals surface area contributed by atoms with Gasteiger partial charge in [-0.15, -0.1) is 0 Å². The number of H-pyrrole nitrogens is 1. The van der Waals surface area contributed by atoms with Crippen molar-refractivity contribution in [3.63, 3.8) is 0 Å². The molecule has 0 amide bonds. The highest BCUT2D eigenvalue weighted by molar-refractivity contribution is 9.10. The Morgan fingerprint density at radius 2 is 2.18 bits per heavy atom. The van der Waals surface area contributed by atoms with Gasteiger partial charge in [0, 0.05) is 5.56 Å². The van der Waals surface area contributed by atoms with E-state index in [0.717, 1.165) is 11.9 Å². The molecule has 4 nitrogen and oxygen atoms in total. The first-order valence-corrected chi connectivity index (χ1v) is 5.46. The molecular weight excluding hydrogens is 301 g/mol. The molecule has 0 saturated heterocycles. The number of halogens is 4. The lowest BCUT2D eigenvalue weighted by Gasteiger charge is -2.07. The molecule has 0 spiro atoms. The SMILES string of the molecule is Cc1cc(Br)n(Cc2cn[nH]c2C(F)(F)F)n1. The molecule has 1 N–H and O–H groups in total. The predicted molar refractivity (Wildman–Crippen MR) is 57.4 cm³/mol. The van der Waals surface area contributed by atoms with E-state index in [0.29, 0.717) is 4.60 Å². The highest BCUT2D eigenvalue weighted by Crippen LogP contribution is 2.30. The van der Waals surface area contributed by atoms with Crippen LogP contribution in [-0.4, -0.2) is 20.0 Å². The number of alkyl halides is 3. The fourth-order valence-electron chi connectivity index (χ4n) is 1.46. The molecule has 2 rings (SSSR count). The number of aromatic amines is 1. The van der Waals surface area contributed by atoms with Gasteiger partial charge in [0.2, 0.25) is 0 Å². The van der Waals surface area contributed by atoms with Gasteiger partial charge in [0.25, 0.3) is 0 Å². The third kappa shape index (κ3) is 2.51. The second kappa shape index (κ2) is 4.17. The van der Waals surface area contributed by atoms with Gasteiger partial charge in [0.15, 0.2) is 0 Å². The van der Waals surface area contributed by atoms with E-state index in [2.05, 4.69) is 26.1 Å². The summed E-state index contributed by atoms with van der Waals surface area (Å²) in [6.45, 7) is 1.78. The second-order valence-electron chi connectivity index (χ2n) is 3.53. The Hall–Kier alpha value is -1.31. The third-order valence-corrected chi connectivity index (χ3v) is 2.81. The van der Waals surface area contributed by atoms with Gasteiger partial charge in [-0.3, -0.25) is 9.78 Å². The average molecular weight is 309 g/mol. The maximum Gasteiger partial charge on any atom is 0.433 e. The van der Waals surface area contributed by atoms with Crippen molar-refractivity contribution in [3.05, 3.63) is 33.8 Å². The lowest BCUT2D eigenvalue weighted by atomic mass is 10.2. The Morgan fingerprint density at radius 3 is 2.71 bits per heavy atom. The molecular formula is C9H8BrF3N4.